The average Bonchev–Trinajstić information content (AvgIpc) is 1.41. The van der Waals surface area contributed by atoms with Crippen LogP contribution in [0.5, 0.6) is 0 Å². The molecule has 0 saturated carbocycles. The summed E-state index contributed by atoms with van der Waals surface area (Å²) in [4.78, 5) is 53.6. The van der Waals surface area contributed by atoms with Crippen molar-refractivity contribution in [3.05, 3.63) is 291 Å². The van der Waals surface area contributed by atoms with E-state index in [0.29, 0.717) is 29.6 Å². The lowest BCUT2D eigenvalue weighted by atomic mass is 9.86. The van der Waals surface area contributed by atoms with E-state index in [1.54, 1.807) is 6.07 Å². The van der Waals surface area contributed by atoms with Gasteiger partial charge in [-0.05, 0) is 293 Å². The Hall–Kier alpha value is -6.55. The summed E-state index contributed by atoms with van der Waals surface area (Å²) < 4.78 is 17.3. The molecule has 628 valence electrons. The highest BCUT2D eigenvalue weighted by Crippen LogP contribution is 2.51. The molecule has 0 heterocycles. The van der Waals surface area contributed by atoms with E-state index >= 15 is 0 Å². The summed E-state index contributed by atoms with van der Waals surface area (Å²) in [5.41, 5.74) is 34.6. The Kier molecular flexibility index (Phi) is 31.3. The molecule has 2 amide bonds. The molecule has 8 aromatic carbocycles. The quantitative estimate of drug-likeness (QED) is 0.124. The Morgan fingerprint density at radius 3 is 1.21 bits per heavy atom. The molecule has 0 aliphatic heterocycles. The van der Waals surface area contributed by atoms with Crippen LogP contribution in [-0.2, 0) is 60.2 Å². The largest absolute Gasteiger partial charge is 0.444 e. The monoisotopic (exact) mass is 1990 g/mol. The normalized spacial score (nSPS) is 19.9. The maximum absolute atomic E-state index is 12.0. The first-order valence-corrected chi connectivity index (χ1v) is 45.0. The summed E-state index contributed by atoms with van der Waals surface area (Å²) in [6.07, 6.45) is 8.84. The van der Waals surface area contributed by atoms with Gasteiger partial charge in [0.25, 0.3) is 0 Å². The number of hydrogen-bond acceptors (Lipinski definition) is 8. The third kappa shape index (κ3) is 24.2. The number of carbonyl (C=O) groups is 4. The summed E-state index contributed by atoms with van der Waals surface area (Å²) >= 11 is 20.8. The lowest BCUT2D eigenvalue weighted by Gasteiger charge is -2.23. The van der Waals surface area contributed by atoms with E-state index in [4.69, 9.17) is 34.1 Å². The van der Waals surface area contributed by atoms with Crippen LogP contribution in [0.1, 0.15) is 313 Å². The molecule has 8 aromatic rings. The number of ketones is 2. The van der Waals surface area contributed by atoms with E-state index in [1.165, 1.54) is 89.6 Å². The first-order chi connectivity index (χ1) is 54.1. The van der Waals surface area contributed by atoms with Crippen LogP contribution >= 0.6 is 108 Å². The number of nitrogens with zero attached hydrogens (tertiary/aromatic N) is 2. The lowest BCUT2D eigenvalue weighted by Crippen LogP contribution is -2.34. The average molecular weight is 2000 g/mol. The van der Waals surface area contributed by atoms with Gasteiger partial charge in [0, 0.05) is 62.9 Å². The summed E-state index contributed by atoms with van der Waals surface area (Å²) in [6.45, 7) is 60.4. The van der Waals surface area contributed by atoms with Gasteiger partial charge in [0.2, 0.25) is 0 Å². The summed E-state index contributed by atoms with van der Waals surface area (Å²) in [5, 5.41) is 5.94. The van der Waals surface area contributed by atoms with E-state index < -0.39 is 17.3 Å². The predicted octanol–water partition coefficient (Wildman–Crippen LogP) is 29.4. The van der Waals surface area contributed by atoms with Gasteiger partial charge in [0.05, 0.1) is 25.2 Å². The fourth-order valence-electron chi connectivity index (χ4n) is 17.4. The van der Waals surface area contributed by atoms with Crippen molar-refractivity contribution in [1.29, 1.82) is 0 Å². The molecule has 0 fully saturated rings. The van der Waals surface area contributed by atoms with Crippen molar-refractivity contribution in [2.24, 2.45) is 11.5 Å². The third-order valence-electron chi connectivity index (χ3n) is 23.3. The molecule has 118 heavy (non-hydrogen) atoms. The fraction of sp³-hybridized carbons (Fsp3) is 0.434. The number of allylic oxidation sites excluding steroid dienone is 1. The molecule has 4 atom stereocenters. The van der Waals surface area contributed by atoms with Crippen LogP contribution in [0.3, 0.4) is 0 Å². The van der Waals surface area contributed by atoms with Crippen molar-refractivity contribution in [1.82, 2.24) is 10.6 Å². The van der Waals surface area contributed by atoms with Crippen LogP contribution in [0.25, 0.3) is 15.3 Å². The first-order valence-electron chi connectivity index (χ1n) is 40.2. The number of halogens is 7. The minimum absolute atomic E-state index is 0. The Morgan fingerprint density at radius 1 is 0.398 bits per heavy atom. The third-order valence-corrected chi connectivity index (χ3v) is 26.2. The Labute approximate surface area is 759 Å². The highest BCUT2D eigenvalue weighted by molar-refractivity contribution is 9.11. The molecule has 6 N–H and O–H groups in total. The van der Waals surface area contributed by atoms with Gasteiger partial charge in [-0.3, -0.25) is 9.59 Å². The number of nitrogens with two attached hydrogens (primary N) is 2. The van der Waals surface area contributed by atoms with Crippen LogP contribution in [0.15, 0.2) is 179 Å². The topological polar surface area (TPSA) is 172 Å². The number of hydrogen-bond donors (Lipinski definition) is 4. The molecule has 16 rings (SSSR count). The zero-order chi connectivity index (χ0) is 86.8. The van der Waals surface area contributed by atoms with Crippen molar-refractivity contribution in [3.8, 4) is 0 Å². The number of nitrogens with one attached hydrogen (secondary N) is 2. The van der Waals surface area contributed by atoms with Gasteiger partial charge >= 0.3 is 12.2 Å². The second-order valence-corrected chi connectivity index (χ2v) is 44.1. The number of fused-ring (bicyclic) bond motifs is 8. The molecule has 0 saturated heterocycles. The number of alkyl carbamates (subject to hydrolysis) is 2. The van der Waals surface area contributed by atoms with Gasteiger partial charge in [0.1, 0.15) is 11.2 Å². The van der Waals surface area contributed by atoms with Crippen molar-refractivity contribution in [3.63, 3.8) is 0 Å². The Bertz CT molecular complexity index is 5130. The van der Waals surface area contributed by atoms with Gasteiger partial charge in [-0.25, -0.2) is 19.3 Å². The zero-order valence-corrected chi connectivity index (χ0v) is 82.5. The van der Waals surface area contributed by atoms with Gasteiger partial charge in [-0.1, -0.05) is 266 Å². The van der Waals surface area contributed by atoms with E-state index in [9.17, 15) is 19.2 Å². The van der Waals surface area contributed by atoms with Crippen LogP contribution in [0, 0.1) is 13.1 Å². The number of benzene rings is 8. The highest BCUT2D eigenvalue weighted by atomic mass is 79.9. The van der Waals surface area contributed by atoms with Crippen molar-refractivity contribution < 1.29 is 28.7 Å². The van der Waals surface area contributed by atoms with Crippen LogP contribution in [0.4, 0.5) is 21.0 Å². The molecule has 8 aliphatic carbocycles. The fourth-order valence-corrected chi connectivity index (χ4v) is 19.6. The summed E-state index contributed by atoms with van der Waals surface area (Å²) in [5.74, 6) is 0.550. The number of ether oxygens (including phenoxy) is 2. The highest BCUT2D eigenvalue weighted by Gasteiger charge is 2.42. The van der Waals surface area contributed by atoms with Gasteiger partial charge < -0.3 is 31.6 Å². The minimum Gasteiger partial charge on any atom is -0.444 e. The van der Waals surface area contributed by atoms with Crippen LogP contribution in [0.2, 0.25) is 0 Å². The number of aryl methyl sites for hydroxylation is 2. The molecule has 0 spiro atoms. The SMILES string of the molecule is C=C1CC(C)(C)c2cc(Br)ccc21.CC(C)(C)OC(=O)NC1CC(C)(C)c2cc(Br)ccc21.CC1(C)CC(=O)c2ccc(Br)cc21.CC1(C)CC(N)c2ccc(Br)cc21.CC1(C)CCc2ccc(Br)cc21.Cl.O=C1CCc2ccc(Br)cc21.[C-]#[N+]c1ccc2c(c1)C(C)(C)CC2N.[C-]#[N+]c1ccc2c(c1)C(C)(C)CC2NC(=O)OC(C)(C)C. The number of rotatable bonds is 2. The molecular formula is C99H117Br6ClN6O6. The van der Waals surface area contributed by atoms with E-state index in [0.717, 1.165) is 83.1 Å². The molecule has 0 radical (unpaired) electrons. The zero-order valence-electron chi connectivity index (χ0n) is 72.1. The van der Waals surface area contributed by atoms with Crippen LogP contribution in [-0.4, -0.2) is 35.0 Å². The van der Waals surface area contributed by atoms with Gasteiger partial charge in [-0.15, -0.1) is 12.4 Å². The molecule has 12 nitrogen and oxygen atoms in total. The molecule has 4 unspecified atom stereocenters. The van der Waals surface area contributed by atoms with Crippen molar-refractivity contribution in [2.75, 3.05) is 0 Å². The van der Waals surface area contributed by atoms with Crippen molar-refractivity contribution in [2.45, 2.75) is 276 Å². The Balaban J connectivity index is 0.000000169. The number of carbonyl (C=O) groups excluding carboxylic acids is 4. The molecule has 0 bridgehead atoms. The maximum atomic E-state index is 12.0. The molecular weight excluding hydrogens is 1880 g/mol. The smallest absolute Gasteiger partial charge is 0.408 e. The Morgan fingerprint density at radius 2 is 0.746 bits per heavy atom. The second-order valence-electron chi connectivity index (χ2n) is 38.6. The molecule has 0 aromatic heterocycles. The molecule has 19 heteroatoms. The van der Waals surface area contributed by atoms with Gasteiger partial charge in [0.15, 0.2) is 22.9 Å². The van der Waals surface area contributed by atoms with Gasteiger partial charge in [-0.2, -0.15) is 0 Å². The standard InChI is InChI=1S/C17H22N2O2.C16H22BrNO2.C12H13Br.C12H14N2.C11H14BrN.C11H11BrO.C11H13Br.C9H7BrO.ClH/c1-16(2,3)21-15(20)19-14-10-17(4,5)13-9-11(18-6)7-8-12(13)14;1-15(2,3)20-14(19)18-13-9-16(4,5)12-8-10(17)6-7-11(12)13;1-8-7-12(2,3)11-6-9(13)4-5-10(8)11;1-12(2)7-11(13)9-5-4-8(14-3)6-10(9)12;2*1-11(2)6-10(13)8-4-3-7(12)5-9(8)11;1-11(2)6-5-8-3-4-9(12)7-10(8)11;10-7-3-1-6-2-4-9(11)8(6)5-7;/h7-9,14H,10H2,1-5H3,(H,19,20);6-8,13H,9H2,1-5H3,(H,18,19);4-6H,1,7H2,2-3H3;4-6,11H,7,13H2,1-2H3;3-5,10H,6,13H2,1-2H3;3-5H,6H2,1-2H3;3-4,7H,5-6H2,1-2H3;1,3,5H,2,4H2;1H. The summed E-state index contributed by atoms with van der Waals surface area (Å²) in [6, 6.07) is 49.4. The van der Waals surface area contributed by atoms with E-state index in [2.05, 4.69) is 292 Å². The van der Waals surface area contributed by atoms with E-state index in [-0.39, 0.29) is 86.7 Å². The lowest BCUT2D eigenvalue weighted by molar-refractivity contribution is 0.0488. The van der Waals surface area contributed by atoms with Crippen LogP contribution < -0.4 is 22.1 Å². The summed E-state index contributed by atoms with van der Waals surface area (Å²) in [7, 11) is 0. The molecule has 8 aliphatic rings. The predicted molar refractivity (Wildman–Crippen MR) is 509 cm³/mol. The van der Waals surface area contributed by atoms with Crippen molar-refractivity contribution >= 4 is 149 Å². The minimum atomic E-state index is -0.505. The van der Waals surface area contributed by atoms with E-state index in [1.807, 2.05) is 108 Å². The maximum Gasteiger partial charge on any atom is 0.408 e. The number of Topliss-reactive ketones (excluding diaryl/α,β-unsaturated/α-hetero) is 2. The second kappa shape index (κ2) is 38.1. The first kappa shape index (κ1) is 96.9. The number of amides is 2.